The predicted octanol–water partition coefficient (Wildman–Crippen LogP) is 9.41. The number of esters is 1. The number of rotatable bonds is 8. The van der Waals surface area contributed by atoms with Gasteiger partial charge in [-0.3, -0.25) is 19.2 Å². The molecule has 7 rings (SSSR count). The number of aliphatic carboxylic acids is 1. The second kappa shape index (κ2) is 13.0. The zero-order valence-corrected chi connectivity index (χ0v) is 35.7. The number of allylic oxidation sites excluding steroid dienone is 2. The Kier molecular flexibility index (Phi) is 9.54. The number of carbonyl (C=O) groups is 4. The third kappa shape index (κ3) is 5.64. The number of ketones is 1. The van der Waals surface area contributed by atoms with Crippen LogP contribution in [0.2, 0.25) is 0 Å². The molecule has 54 heavy (non-hydrogen) atoms. The number of thiazole rings is 1. The number of carboxylic acid groups (broad SMARTS) is 1. The Balaban J connectivity index is 1.13. The number of nitrogens with one attached hydrogen (secondary N) is 1. The lowest BCUT2D eigenvalue weighted by Crippen LogP contribution is -2.66. The van der Waals surface area contributed by atoms with Crippen LogP contribution < -0.4 is 5.32 Å². The topological polar surface area (TPSA) is 123 Å². The number of Topliss-reactive ketones (excluding diaryl/α,β-unsaturated/α-hetero) is 1. The lowest BCUT2D eigenvalue weighted by atomic mass is 9.33. The van der Waals surface area contributed by atoms with Crippen molar-refractivity contribution in [3.63, 3.8) is 0 Å². The van der Waals surface area contributed by atoms with Crippen molar-refractivity contribution < 1.29 is 29.0 Å². The van der Waals surface area contributed by atoms with E-state index in [9.17, 15) is 24.3 Å². The average Bonchev–Trinajstić information content (AvgIpc) is 3.54. The molecule has 1 amide bonds. The van der Waals surface area contributed by atoms with Crippen LogP contribution in [-0.4, -0.2) is 39.8 Å². The molecule has 10 atom stereocenters. The minimum absolute atomic E-state index is 0.00515. The maximum atomic E-state index is 14.0. The van der Waals surface area contributed by atoms with Crippen LogP contribution in [-0.2, 0) is 30.5 Å². The maximum Gasteiger partial charge on any atom is 0.309 e. The molecule has 1 heterocycles. The summed E-state index contributed by atoms with van der Waals surface area (Å²) >= 11 is 1.64. The van der Waals surface area contributed by atoms with Gasteiger partial charge in [0.05, 0.1) is 29.1 Å². The van der Waals surface area contributed by atoms with Crippen LogP contribution in [0.3, 0.4) is 0 Å². The number of carbonyl (C=O) groups excluding carboxylic acids is 3. The smallest absolute Gasteiger partial charge is 0.309 e. The summed E-state index contributed by atoms with van der Waals surface area (Å²) in [6.07, 6.45) is 9.04. The van der Waals surface area contributed by atoms with Crippen molar-refractivity contribution in [2.24, 2.45) is 68.0 Å². The molecule has 0 unspecified atom stereocenters. The highest BCUT2D eigenvalue weighted by molar-refractivity contribution is 7.11. The molecule has 298 valence electrons. The first-order chi connectivity index (χ1) is 25.0. The van der Waals surface area contributed by atoms with Crippen LogP contribution in [0.15, 0.2) is 11.1 Å². The highest BCUT2D eigenvalue weighted by atomic mass is 32.1. The molecule has 0 saturated heterocycles. The molecule has 1 aromatic heterocycles. The quantitative estimate of drug-likeness (QED) is 0.253. The number of amides is 1. The van der Waals surface area contributed by atoms with Gasteiger partial charge >= 0.3 is 11.9 Å². The number of fused-ring (bicyclic) bond motifs is 7. The predicted molar refractivity (Wildman–Crippen MR) is 210 cm³/mol. The Morgan fingerprint density at radius 3 is 2.20 bits per heavy atom. The summed E-state index contributed by atoms with van der Waals surface area (Å²) in [5.74, 6) is -0.340. The van der Waals surface area contributed by atoms with Crippen molar-refractivity contribution >= 4 is 35.0 Å². The van der Waals surface area contributed by atoms with Crippen LogP contribution in [0, 0.1) is 81.8 Å². The van der Waals surface area contributed by atoms with Gasteiger partial charge in [0.2, 0.25) is 5.91 Å². The van der Waals surface area contributed by atoms with Gasteiger partial charge in [-0.05, 0) is 123 Å². The summed E-state index contributed by atoms with van der Waals surface area (Å²) in [7, 11) is 0. The van der Waals surface area contributed by atoms with Crippen LogP contribution in [0.25, 0.3) is 0 Å². The fraction of sp³-hybridized carbons (Fsp3) is 0.800. The zero-order chi connectivity index (χ0) is 39.6. The van der Waals surface area contributed by atoms with E-state index in [1.54, 1.807) is 11.3 Å². The molecule has 0 spiro atoms. The first-order valence-electron chi connectivity index (χ1n) is 20.9. The molecule has 0 aromatic carbocycles. The third-order valence-electron chi connectivity index (χ3n) is 17.6. The number of nitrogens with zero attached hydrogens (tertiary/aromatic N) is 1. The van der Waals surface area contributed by atoms with Gasteiger partial charge < -0.3 is 15.2 Å². The number of carboxylic acids is 1. The van der Waals surface area contributed by atoms with Crippen LogP contribution in [0.1, 0.15) is 149 Å². The van der Waals surface area contributed by atoms with Gasteiger partial charge in [-0.15, -0.1) is 11.3 Å². The summed E-state index contributed by atoms with van der Waals surface area (Å²) in [5.41, 5.74) is 2.27. The first kappa shape index (κ1) is 39.7. The molecule has 5 fully saturated rings. The van der Waals surface area contributed by atoms with Crippen molar-refractivity contribution in [3.8, 4) is 0 Å². The molecule has 9 heteroatoms. The molecular weight excluding hydrogens is 697 g/mol. The zero-order valence-electron chi connectivity index (χ0n) is 34.9. The molecule has 6 aliphatic carbocycles. The third-order valence-corrected chi connectivity index (χ3v) is 18.6. The van der Waals surface area contributed by atoms with E-state index < -0.39 is 22.7 Å². The molecule has 1 aromatic rings. The van der Waals surface area contributed by atoms with E-state index in [1.807, 2.05) is 27.7 Å². The second-order valence-corrected chi connectivity index (χ2v) is 22.2. The molecule has 6 aliphatic rings. The molecular formula is C45H66N2O6S. The summed E-state index contributed by atoms with van der Waals surface area (Å²) in [4.78, 5) is 58.9. The number of hydrogen-bond donors (Lipinski definition) is 2. The number of hydrogen-bond acceptors (Lipinski definition) is 7. The largest absolute Gasteiger partial charge is 0.481 e. The maximum absolute atomic E-state index is 14.0. The lowest BCUT2D eigenvalue weighted by Gasteiger charge is -2.72. The second-order valence-electron chi connectivity index (χ2n) is 21.0. The molecule has 0 bridgehead atoms. The van der Waals surface area contributed by atoms with Crippen molar-refractivity contribution in [3.05, 3.63) is 26.7 Å². The normalized spacial score (nSPS) is 40.6. The van der Waals surface area contributed by atoms with Gasteiger partial charge in [-0.2, -0.15) is 0 Å². The van der Waals surface area contributed by atoms with E-state index in [2.05, 4.69) is 58.8 Å². The molecule has 0 aliphatic heterocycles. The minimum atomic E-state index is -0.829. The van der Waals surface area contributed by atoms with Crippen molar-refractivity contribution in [1.29, 1.82) is 0 Å². The van der Waals surface area contributed by atoms with Crippen molar-refractivity contribution in [1.82, 2.24) is 10.3 Å². The van der Waals surface area contributed by atoms with Crippen LogP contribution in [0.4, 0.5) is 0 Å². The Bertz CT molecular complexity index is 1790. The summed E-state index contributed by atoms with van der Waals surface area (Å²) in [6.45, 7) is 24.9. The highest BCUT2D eigenvalue weighted by Crippen LogP contribution is 2.77. The van der Waals surface area contributed by atoms with Gasteiger partial charge in [0, 0.05) is 28.5 Å². The van der Waals surface area contributed by atoms with E-state index in [-0.39, 0.29) is 63.2 Å². The van der Waals surface area contributed by atoms with E-state index >= 15 is 0 Å². The van der Waals surface area contributed by atoms with Gasteiger partial charge in [0.25, 0.3) is 0 Å². The Hall–Kier alpha value is -2.55. The minimum Gasteiger partial charge on any atom is -0.481 e. The van der Waals surface area contributed by atoms with Gasteiger partial charge in [0.15, 0.2) is 5.78 Å². The number of ether oxygens (including phenoxy) is 1. The van der Waals surface area contributed by atoms with E-state index in [4.69, 9.17) is 4.74 Å². The van der Waals surface area contributed by atoms with E-state index in [1.165, 1.54) is 5.57 Å². The molecule has 5 saturated carbocycles. The van der Waals surface area contributed by atoms with Crippen LogP contribution >= 0.6 is 11.3 Å². The average molecular weight is 763 g/mol. The Morgan fingerprint density at radius 1 is 0.889 bits per heavy atom. The SMILES string of the molecule is Cc1nc(C)c(CNC(=O)C[C@@]23CC[C@]4(C)[C@H](CC[C@@H]5[C@@]6(C)CC[C@H](OC(=O)[C@H]7C[C@@H](C(=O)O)C7(C)C)C(C)(C)[C@@H]6CC[C@]54C)C2=C(C(C)C)C(=O)C3)s1. The molecule has 8 nitrogen and oxygen atoms in total. The summed E-state index contributed by atoms with van der Waals surface area (Å²) in [5, 5.41) is 13.9. The monoisotopic (exact) mass is 762 g/mol. The molecule has 0 radical (unpaired) electrons. The Labute approximate surface area is 327 Å². The van der Waals surface area contributed by atoms with Gasteiger partial charge in [-0.1, -0.05) is 67.9 Å². The van der Waals surface area contributed by atoms with Gasteiger partial charge in [0.1, 0.15) is 6.10 Å². The summed E-state index contributed by atoms with van der Waals surface area (Å²) in [6, 6.07) is 0. The van der Waals surface area contributed by atoms with E-state index in [0.717, 1.165) is 72.5 Å². The van der Waals surface area contributed by atoms with Crippen molar-refractivity contribution in [2.45, 2.75) is 159 Å². The standard InChI is InChI=1S/C45H66N2O6S/c1-24(2)36-30(48)21-45(22-35(49)46-23-31-25(3)47-26(4)54-31)19-18-43(10)27(37(36)45)12-13-33-42(9)16-15-34(41(7,8)32(42)14-17-44(33,43)11)53-39(52)29-20-28(38(50)51)40(29,5)6/h24,27-29,32-34H,12-23H2,1-11H3,(H,46,49)(H,50,51)/t27-,28+,29-,32+,33-,34+,42+,43-,44-,45+/m1/s1. The van der Waals surface area contributed by atoms with Crippen molar-refractivity contribution in [2.75, 3.05) is 0 Å². The fourth-order valence-corrected chi connectivity index (χ4v) is 15.3. The fourth-order valence-electron chi connectivity index (χ4n) is 14.4. The van der Waals surface area contributed by atoms with Gasteiger partial charge in [-0.25, -0.2) is 4.98 Å². The highest BCUT2D eigenvalue weighted by Gasteiger charge is 2.70. The number of aryl methyl sites for hydroxylation is 2. The van der Waals surface area contributed by atoms with E-state index in [0.29, 0.717) is 37.6 Å². The first-order valence-corrected chi connectivity index (χ1v) is 21.8. The van der Waals surface area contributed by atoms with Crippen LogP contribution in [0.5, 0.6) is 0 Å². The number of aromatic nitrogens is 1. The Morgan fingerprint density at radius 2 is 1.59 bits per heavy atom. The lowest BCUT2D eigenvalue weighted by molar-refractivity contribution is -0.236. The summed E-state index contributed by atoms with van der Waals surface area (Å²) < 4.78 is 6.41. The molecule has 2 N–H and O–H groups in total.